The van der Waals surface area contributed by atoms with Gasteiger partial charge in [0.05, 0.1) is 13.2 Å². The second kappa shape index (κ2) is 8.69. The Morgan fingerprint density at radius 2 is 2.04 bits per heavy atom. The second-order valence-electron chi connectivity index (χ2n) is 4.94. The predicted octanol–water partition coefficient (Wildman–Crippen LogP) is -1.52. The Bertz CT molecular complexity index is 466. The van der Waals surface area contributed by atoms with E-state index in [0.29, 0.717) is 12.8 Å². The first-order valence-electron chi connectivity index (χ1n) is 6.77. The van der Waals surface area contributed by atoms with Crippen LogP contribution in [0.3, 0.4) is 0 Å². The number of hydrogen-bond donors (Lipinski definition) is 5. The van der Waals surface area contributed by atoms with Crippen molar-refractivity contribution in [2.45, 2.75) is 31.0 Å². The van der Waals surface area contributed by atoms with Crippen molar-refractivity contribution in [1.29, 1.82) is 0 Å². The molecule has 1 aliphatic heterocycles. The average Bonchev–Trinajstić information content (AvgIpc) is 2.97. The Balaban J connectivity index is 3.00. The molecule has 23 heavy (non-hydrogen) atoms. The first-order chi connectivity index (χ1) is 10.7. The largest absolute Gasteiger partial charge is 0.480 e. The van der Waals surface area contributed by atoms with Crippen molar-refractivity contribution in [1.82, 2.24) is 4.90 Å². The zero-order valence-electron chi connectivity index (χ0n) is 12.1. The number of rotatable bonds is 10. The summed E-state index contributed by atoms with van der Waals surface area (Å²) in [5, 5.41) is 36.0. The molecule has 5 N–H and O–H groups in total. The third-order valence-corrected chi connectivity index (χ3v) is 4.75. The summed E-state index contributed by atoms with van der Waals surface area (Å²) in [4.78, 5) is 33.0. The van der Waals surface area contributed by atoms with Crippen LogP contribution in [-0.2, 0) is 23.4 Å². The maximum atomic E-state index is 12.2. The van der Waals surface area contributed by atoms with Crippen molar-refractivity contribution in [2.75, 3.05) is 26.4 Å². The van der Waals surface area contributed by atoms with Crippen molar-refractivity contribution in [3.05, 3.63) is 0 Å². The molecule has 0 bridgehead atoms. The number of carboxylic acids is 2. The Labute approximate surface area is 131 Å². The molecule has 11 nitrogen and oxygen atoms in total. The third kappa shape index (κ3) is 5.81. The van der Waals surface area contributed by atoms with Crippen LogP contribution in [0.15, 0.2) is 0 Å². The SMILES string of the molecule is O=C(O)CN(C1CCCO1)C(C(=O)O)P(=O)(O)OC[C@@H](O)CO. The van der Waals surface area contributed by atoms with E-state index >= 15 is 0 Å². The highest BCUT2D eigenvalue weighted by Gasteiger charge is 2.47. The van der Waals surface area contributed by atoms with E-state index in [4.69, 9.17) is 20.1 Å². The quantitative estimate of drug-likeness (QED) is 0.287. The third-order valence-electron chi connectivity index (χ3n) is 3.10. The fraction of sp³-hybridized carbons (Fsp3) is 0.818. The number of ether oxygens (including phenoxy) is 1. The van der Waals surface area contributed by atoms with Gasteiger partial charge < -0.3 is 34.6 Å². The normalized spacial score (nSPS) is 23.4. The van der Waals surface area contributed by atoms with E-state index < -0.39 is 57.4 Å². The summed E-state index contributed by atoms with van der Waals surface area (Å²) >= 11 is 0. The van der Waals surface area contributed by atoms with Crippen molar-refractivity contribution in [2.24, 2.45) is 0 Å². The highest BCUT2D eigenvalue weighted by molar-refractivity contribution is 7.54. The summed E-state index contributed by atoms with van der Waals surface area (Å²) in [7, 11) is -4.88. The number of carbonyl (C=O) groups is 2. The molecular formula is C11H20NO10P. The van der Waals surface area contributed by atoms with Gasteiger partial charge >= 0.3 is 19.5 Å². The highest BCUT2D eigenvalue weighted by Crippen LogP contribution is 2.50. The molecule has 1 heterocycles. The van der Waals surface area contributed by atoms with E-state index in [0.717, 1.165) is 4.90 Å². The first kappa shape index (κ1) is 20.0. The first-order valence-corrected chi connectivity index (χ1v) is 8.41. The van der Waals surface area contributed by atoms with E-state index in [1.165, 1.54) is 0 Å². The monoisotopic (exact) mass is 357 g/mol. The van der Waals surface area contributed by atoms with Crippen molar-refractivity contribution in [3.63, 3.8) is 0 Å². The van der Waals surface area contributed by atoms with Crippen LogP contribution in [0, 0.1) is 0 Å². The number of carboxylic acid groups (broad SMARTS) is 2. The van der Waals surface area contributed by atoms with Gasteiger partial charge in [0.2, 0.25) is 5.78 Å². The fourth-order valence-electron chi connectivity index (χ4n) is 2.11. The van der Waals surface area contributed by atoms with Gasteiger partial charge in [0.25, 0.3) is 0 Å². The summed E-state index contributed by atoms with van der Waals surface area (Å²) in [5.74, 6) is -5.33. The lowest BCUT2D eigenvalue weighted by atomic mass is 10.3. The Hall–Kier alpha value is -1.07. The van der Waals surface area contributed by atoms with Crippen molar-refractivity contribution >= 4 is 19.5 Å². The molecule has 0 saturated carbocycles. The average molecular weight is 357 g/mol. The molecule has 0 radical (unpaired) electrons. The lowest BCUT2D eigenvalue weighted by molar-refractivity contribution is -0.150. The minimum absolute atomic E-state index is 0.271. The molecule has 1 fully saturated rings. The maximum Gasteiger partial charge on any atom is 0.356 e. The molecule has 4 atom stereocenters. The van der Waals surface area contributed by atoms with Crippen LogP contribution in [0.25, 0.3) is 0 Å². The fourth-order valence-corrected chi connectivity index (χ4v) is 3.52. The van der Waals surface area contributed by atoms with E-state index in [-0.39, 0.29) is 6.61 Å². The number of hydrogen-bond acceptors (Lipinski definition) is 8. The van der Waals surface area contributed by atoms with Crippen LogP contribution in [-0.4, -0.2) is 86.6 Å². The molecule has 12 heteroatoms. The van der Waals surface area contributed by atoms with E-state index in [2.05, 4.69) is 4.52 Å². The van der Waals surface area contributed by atoms with Crippen molar-refractivity contribution < 1.29 is 48.7 Å². The highest BCUT2D eigenvalue weighted by atomic mass is 31.2. The van der Waals surface area contributed by atoms with Gasteiger partial charge in [-0.1, -0.05) is 0 Å². The molecule has 0 aliphatic carbocycles. The minimum atomic E-state index is -4.88. The van der Waals surface area contributed by atoms with Gasteiger partial charge in [0.15, 0.2) is 0 Å². The molecule has 0 spiro atoms. The number of nitrogens with zero attached hydrogens (tertiary/aromatic N) is 1. The second-order valence-corrected chi connectivity index (χ2v) is 6.82. The molecule has 0 aromatic heterocycles. The smallest absolute Gasteiger partial charge is 0.356 e. The predicted molar refractivity (Wildman–Crippen MR) is 73.6 cm³/mol. The maximum absolute atomic E-state index is 12.2. The van der Waals surface area contributed by atoms with E-state index in [9.17, 15) is 24.2 Å². The zero-order chi connectivity index (χ0) is 17.6. The molecular weight excluding hydrogens is 337 g/mol. The van der Waals surface area contributed by atoms with Crippen LogP contribution >= 0.6 is 7.60 Å². The standard InChI is InChI=1S/C11H20NO10P/c13-5-7(14)6-22-23(19,20)10(11(17)18)12(4-9(15)16)8-2-1-3-21-8/h7-8,10,13-14H,1-6H2,(H,15,16)(H,17,18)(H,19,20)/t7-,8?,10?/m0/s1. The summed E-state index contributed by atoms with van der Waals surface area (Å²) in [6.45, 7) is -2.09. The lowest BCUT2D eigenvalue weighted by Crippen LogP contribution is -2.49. The van der Waals surface area contributed by atoms with Crippen LogP contribution < -0.4 is 0 Å². The molecule has 1 rings (SSSR count). The topological polar surface area (TPSA) is 174 Å². The molecule has 134 valence electrons. The molecule has 3 unspecified atom stereocenters. The molecule has 0 aromatic rings. The van der Waals surface area contributed by atoms with Gasteiger partial charge in [-0.25, -0.2) is 9.69 Å². The molecule has 0 aromatic carbocycles. The minimum Gasteiger partial charge on any atom is -0.480 e. The summed E-state index contributed by atoms with van der Waals surface area (Å²) in [6, 6.07) is 0. The van der Waals surface area contributed by atoms with Gasteiger partial charge in [-0.3, -0.25) is 9.36 Å². The van der Waals surface area contributed by atoms with Gasteiger partial charge in [-0.15, -0.1) is 0 Å². The van der Waals surface area contributed by atoms with Gasteiger partial charge in [-0.05, 0) is 12.8 Å². The number of aliphatic hydroxyl groups is 2. The van der Waals surface area contributed by atoms with E-state index in [1.54, 1.807) is 0 Å². The Kier molecular flexibility index (Phi) is 7.55. The van der Waals surface area contributed by atoms with Crippen LogP contribution in [0.4, 0.5) is 0 Å². The van der Waals surface area contributed by atoms with Crippen LogP contribution in [0.2, 0.25) is 0 Å². The number of aliphatic carboxylic acids is 2. The zero-order valence-corrected chi connectivity index (χ0v) is 13.0. The summed E-state index contributed by atoms with van der Waals surface area (Å²) in [6.07, 6.45) is -1.57. The lowest BCUT2D eigenvalue weighted by Gasteiger charge is -2.33. The van der Waals surface area contributed by atoms with Crippen LogP contribution in [0.5, 0.6) is 0 Å². The molecule has 1 saturated heterocycles. The molecule has 1 aliphatic rings. The van der Waals surface area contributed by atoms with Crippen molar-refractivity contribution in [3.8, 4) is 0 Å². The van der Waals surface area contributed by atoms with Gasteiger partial charge in [0, 0.05) is 6.61 Å². The number of aliphatic hydroxyl groups excluding tert-OH is 2. The molecule has 0 amide bonds. The summed E-state index contributed by atoms with van der Waals surface area (Å²) in [5.41, 5.74) is 0. The van der Waals surface area contributed by atoms with Crippen LogP contribution in [0.1, 0.15) is 12.8 Å². The van der Waals surface area contributed by atoms with Gasteiger partial charge in [-0.2, -0.15) is 0 Å². The Morgan fingerprint density at radius 1 is 1.39 bits per heavy atom. The Morgan fingerprint density at radius 3 is 2.48 bits per heavy atom. The van der Waals surface area contributed by atoms with Gasteiger partial charge in [0.1, 0.15) is 18.9 Å². The summed E-state index contributed by atoms with van der Waals surface area (Å²) < 4.78 is 22.0. The van der Waals surface area contributed by atoms with E-state index in [1.807, 2.05) is 0 Å².